The van der Waals surface area contributed by atoms with Gasteiger partial charge in [-0.3, -0.25) is 11.3 Å². The second kappa shape index (κ2) is 6.50. The van der Waals surface area contributed by atoms with Gasteiger partial charge in [-0.2, -0.15) is 0 Å². The first-order chi connectivity index (χ1) is 9.51. The van der Waals surface area contributed by atoms with Crippen LogP contribution >= 0.6 is 23.2 Å². The Hall–Kier alpha value is -1.20. The van der Waals surface area contributed by atoms with Crippen LogP contribution in [0, 0.1) is 11.6 Å². The van der Waals surface area contributed by atoms with Gasteiger partial charge in [0.2, 0.25) is 0 Å². The van der Waals surface area contributed by atoms with E-state index in [-0.39, 0.29) is 11.1 Å². The van der Waals surface area contributed by atoms with E-state index in [1.54, 1.807) is 12.1 Å². The summed E-state index contributed by atoms with van der Waals surface area (Å²) in [6, 6.07) is 8.21. The minimum absolute atomic E-state index is 0.0457. The fourth-order valence-corrected chi connectivity index (χ4v) is 2.27. The highest BCUT2D eigenvalue weighted by Crippen LogP contribution is 2.26. The van der Waals surface area contributed by atoms with Crippen molar-refractivity contribution in [2.45, 2.75) is 12.5 Å². The smallest absolute Gasteiger partial charge is 0.142 e. The second-order valence-corrected chi connectivity index (χ2v) is 5.15. The van der Waals surface area contributed by atoms with Crippen LogP contribution in [-0.2, 0) is 6.42 Å². The Kier molecular flexibility index (Phi) is 4.94. The monoisotopic (exact) mass is 316 g/mol. The maximum atomic E-state index is 13.5. The van der Waals surface area contributed by atoms with Crippen LogP contribution < -0.4 is 11.3 Å². The van der Waals surface area contributed by atoms with Gasteiger partial charge in [0.05, 0.1) is 11.1 Å². The molecule has 0 aromatic heterocycles. The molecule has 6 heteroatoms. The molecule has 0 aliphatic rings. The zero-order chi connectivity index (χ0) is 14.7. The highest BCUT2D eigenvalue weighted by Gasteiger charge is 2.14. The zero-order valence-electron chi connectivity index (χ0n) is 10.3. The SMILES string of the molecule is NNC(Cc1ccc(F)cc1Cl)c1ccc(Cl)c(F)c1. The molecular formula is C14H12Cl2F2N2. The van der Waals surface area contributed by atoms with Crippen molar-refractivity contribution in [3.8, 4) is 0 Å². The Labute approximate surface area is 125 Å². The van der Waals surface area contributed by atoms with Crippen molar-refractivity contribution in [1.29, 1.82) is 0 Å². The number of nitrogens with two attached hydrogens (primary N) is 1. The first-order valence-electron chi connectivity index (χ1n) is 5.86. The van der Waals surface area contributed by atoms with E-state index >= 15 is 0 Å². The summed E-state index contributed by atoms with van der Waals surface area (Å²) in [5.41, 5.74) is 3.94. The fourth-order valence-electron chi connectivity index (χ4n) is 1.91. The molecule has 0 heterocycles. The van der Waals surface area contributed by atoms with Gasteiger partial charge >= 0.3 is 0 Å². The zero-order valence-corrected chi connectivity index (χ0v) is 11.8. The van der Waals surface area contributed by atoms with Crippen LogP contribution in [0.25, 0.3) is 0 Å². The second-order valence-electron chi connectivity index (χ2n) is 4.33. The average Bonchev–Trinajstić information content (AvgIpc) is 2.41. The lowest BCUT2D eigenvalue weighted by Crippen LogP contribution is -2.29. The number of nitrogens with one attached hydrogen (secondary N) is 1. The predicted octanol–water partition coefficient (Wildman–Crippen LogP) is 4.02. The van der Waals surface area contributed by atoms with Gasteiger partial charge in [-0.05, 0) is 41.8 Å². The predicted molar refractivity (Wildman–Crippen MR) is 76.6 cm³/mol. The molecule has 0 aliphatic heterocycles. The summed E-state index contributed by atoms with van der Waals surface area (Å²) < 4.78 is 26.5. The van der Waals surface area contributed by atoms with Gasteiger partial charge in [0.25, 0.3) is 0 Å². The summed E-state index contributed by atoms with van der Waals surface area (Å²) in [4.78, 5) is 0. The maximum Gasteiger partial charge on any atom is 0.142 e. The van der Waals surface area contributed by atoms with E-state index in [0.29, 0.717) is 22.6 Å². The van der Waals surface area contributed by atoms with E-state index in [0.717, 1.165) is 0 Å². The van der Waals surface area contributed by atoms with Crippen LogP contribution in [0.5, 0.6) is 0 Å². The normalized spacial score (nSPS) is 12.4. The lowest BCUT2D eigenvalue weighted by Gasteiger charge is -2.17. The van der Waals surface area contributed by atoms with Crippen LogP contribution in [0.15, 0.2) is 36.4 Å². The maximum absolute atomic E-state index is 13.5. The lowest BCUT2D eigenvalue weighted by atomic mass is 9.99. The Morgan fingerprint density at radius 1 is 1.05 bits per heavy atom. The molecule has 0 saturated heterocycles. The van der Waals surface area contributed by atoms with Gasteiger partial charge in [-0.1, -0.05) is 35.3 Å². The summed E-state index contributed by atoms with van der Waals surface area (Å²) in [5, 5.41) is 0.351. The molecule has 0 amide bonds. The molecule has 0 spiro atoms. The quantitative estimate of drug-likeness (QED) is 0.660. The summed E-state index contributed by atoms with van der Waals surface area (Å²) in [6.45, 7) is 0. The fraction of sp³-hybridized carbons (Fsp3) is 0.143. The molecule has 3 N–H and O–H groups in total. The van der Waals surface area contributed by atoms with E-state index < -0.39 is 11.6 Å². The highest BCUT2D eigenvalue weighted by atomic mass is 35.5. The van der Waals surface area contributed by atoms with E-state index in [9.17, 15) is 8.78 Å². The van der Waals surface area contributed by atoms with Gasteiger partial charge in [0, 0.05) is 5.02 Å². The third kappa shape index (κ3) is 3.46. The van der Waals surface area contributed by atoms with Crippen LogP contribution in [0.4, 0.5) is 8.78 Å². The van der Waals surface area contributed by atoms with Crippen LogP contribution in [-0.4, -0.2) is 0 Å². The van der Waals surface area contributed by atoms with Crippen molar-refractivity contribution in [3.05, 3.63) is 69.2 Å². The number of halogens is 4. The molecule has 20 heavy (non-hydrogen) atoms. The van der Waals surface area contributed by atoms with Crippen LogP contribution in [0.2, 0.25) is 10.0 Å². The molecule has 0 radical (unpaired) electrons. The summed E-state index contributed by atoms with van der Waals surface area (Å²) in [5.74, 6) is 4.57. The minimum Gasteiger partial charge on any atom is -0.271 e. The molecule has 2 rings (SSSR count). The molecule has 0 aliphatic carbocycles. The first kappa shape index (κ1) is 15.2. The number of hydrazine groups is 1. The number of hydrogen-bond donors (Lipinski definition) is 2. The molecule has 0 fully saturated rings. The van der Waals surface area contributed by atoms with E-state index in [4.69, 9.17) is 29.0 Å². The first-order valence-corrected chi connectivity index (χ1v) is 6.62. The van der Waals surface area contributed by atoms with Gasteiger partial charge in [0.15, 0.2) is 0 Å². The molecule has 2 aromatic rings. The lowest BCUT2D eigenvalue weighted by molar-refractivity contribution is 0.543. The molecule has 0 saturated carbocycles. The van der Waals surface area contributed by atoms with Crippen molar-refractivity contribution >= 4 is 23.2 Å². The Morgan fingerprint density at radius 2 is 1.80 bits per heavy atom. The average molecular weight is 317 g/mol. The van der Waals surface area contributed by atoms with E-state index in [1.807, 2.05) is 0 Å². The minimum atomic E-state index is -0.519. The number of benzene rings is 2. The van der Waals surface area contributed by atoms with Crippen LogP contribution in [0.3, 0.4) is 0 Å². The van der Waals surface area contributed by atoms with E-state index in [1.165, 1.54) is 24.3 Å². The molecule has 1 atom stereocenters. The summed E-state index contributed by atoms with van der Waals surface area (Å²) in [6.07, 6.45) is 0.399. The van der Waals surface area contributed by atoms with Crippen molar-refractivity contribution in [3.63, 3.8) is 0 Å². The largest absolute Gasteiger partial charge is 0.271 e. The van der Waals surface area contributed by atoms with Gasteiger partial charge in [0.1, 0.15) is 11.6 Å². The van der Waals surface area contributed by atoms with Crippen LogP contribution in [0.1, 0.15) is 17.2 Å². The Balaban J connectivity index is 2.26. The number of rotatable bonds is 4. The molecular weight excluding hydrogens is 305 g/mol. The molecule has 0 bridgehead atoms. The van der Waals surface area contributed by atoms with Crippen molar-refractivity contribution < 1.29 is 8.78 Å². The van der Waals surface area contributed by atoms with E-state index in [2.05, 4.69) is 5.43 Å². The van der Waals surface area contributed by atoms with Gasteiger partial charge in [-0.25, -0.2) is 8.78 Å². The van der Waals surface area contributed by atoms with Crippen molar-refractivity contribution in [1.82, 2.24) is 5.43 Å². The van der Waals surface area contributed by atoms with Gasteiger partial charge in [-0.15, -0.1) is 0 Å². The topological polar surface area (TPSA) is 38.0 Å². The molecule has 2 nitrogen and oxygen atoms in total. The molecule has 1 unspecified atom stereocenters. The van der Waals surface area contributed by atoms with Gasteiger partial charge < -0.3 is 0 Å². The highest BCUT2D eigenvalue weighted by molar-refractivity contribution is 6.31. The van der Waals surface area contributed by atoms with Crippen molar-refractivity contribution in [2.24, 2.45) is 5.84 Å². The number of hydrogen-bond acceptors (Lipinski definition) is 2. The Morgan fingerprint density at radius 3 is 2.40 bits per heavy atom. The van der Waals surface area contributed by atoms with Crippen molar-refractivity contribution in [2.75, 3.05) is 0 Å². The third-order valence-corrected chi connectivity index (χ3v) is 3.64. The molecule has 2 aromatic carbocycles. The Bertz CT molecular complexity index is 620. The summed E-state index contributed by atoms with van der Waals surface area (Å²) in [7, 11) is 0. The summed E-state index contributed by atoms with van der Waals surface area (Å²) >= 11 is 11.6. The molecule has 106 valence electrons. The third-order valence-electron chi connectivity index (χ3n) is 2.99. The standard InChI is InChI=1S/C14H12Cl2F2N2/c15-11-4-2-9(5-13(11)18)14(20-19)6-8-1-3-10(17)7-12(8)16/h1-5,7,14,20H,6,19H2.